The van der Waals surface area contributed by atoms with Gasteiger partial charge in [0.15, 0.2) is 0 Å². The Morgan fingerprint density at radius 1 is 1.62 bits per heavy atom. The molecule has 0 aliphatic carbocycles. The third kappa shape index (κ3) is 3.41. The lowest BCUT2D eigenvalue weighted by atomic mass is 10.2. The molecule has 1 atom stereocenters. The van der Waals surface area contributed by atoms with Gasteiger partial charge in [-0.05, 0) is 28.1 Å². The minimum atomic E-state index is -0.813. The molecule has 1 rings (SSSR count). The van der Waals surface area contributed by atoms with E-state index in [4.69, 9.17) is 9.84 Å². The predicted octanol–water partition coefficient (Wildman–Crippen LogP) is 2.59. The lowest BCUT2D eigenvalue weighted by molar-refractivity contribution is -0.140. The van der Waals surface area contributed by atoms with Gasteiger partial charge in [-0.15, -0.1) is 0 Å². The zero-order valence-corrected chi connectivity index (χ0v) is 10.7. The third-order valence-corrected chi connectivity index (χ3v) is 2.89. The largest absolute Gasteiger partial charge is 0.497 e. The van der Waals surface area contributed by atoms with Crippen molar-refractivity contribution in [1.29, 1.82) is 0 Å². The minimum absolute atomic E-state index is 0.376. The first-order chi connectivity index (χ1) is 7.54. The van der Waals surface area contributed by atoms with Crippen LogP contribution in [0, 0.1) is 5.92 Å². The van der Waals surface area contributed by atoms with Gasteiger partial charge in [0.05, 0.1) is 18.7 Å². The number of carboxylic acids is 1. The molecule has 0 spiro atoms. The highest BCUT2D eigenvalue weighted by atomic mass is 79.9. The number of carboxylic acid groups (broad SMARTS) is 1. The Kier molecular flexibility index (Phi) is 4.61. The van der Waals surface area contributed by atoms with Crippen molar-refractivity contribution < 1.29 is 14.6 Å². The van der Waals surface area contributed by atoms with Gasteiger partial charge in [-0.2, -0.15) is 0 Å². The van der Waals surface area contributed by atoms with Gasteiger partial charge in [-0.1, -0.05) is 6.92 Å². The summed E-state index contributed by atoms with van der Waals surface area (Å²) >= 11 is 3.38. The summed E-state index contributed by atoms with van der Waals surface area (Å²) < 4.78 is 5.97. The van der Waals surface area contributed by atoms with Crippen molar-refractivity contribution >= 4 is 27.6 Å². The molecule has 4 nitrogen and oxygen atoms in total. The van der Waals surface area contributed by atoms with E-state index in [1.165, 1.54) is 0 Å². The zero-order chi connectivity index (χ0) is 12.1. The Morgan fingerprint density at radius 2 is 2.31 bits per heavy atom. The SMILES string of the molecule is COc1ccc(Br)c(NCC(C)C(=O)O)c1. The summed E-state index contributed by atoms with van der Waals surface area (Å²) in [5.74, 6) is -0.515. The average Bonchev–Trinajstić information content (AvgIpc) is 2.27. The van der Waals surface area contributed by atoms with Crippen molar-refractivity contribution in [1.82, 2.24) is 0 Å². The lowest BCUT2D eigenvalue weighted by Crippen LogP contribution is -2.19. The van der Waals surface area contributed by atoms with Gasteiger partial charge in [-0.3, -0.25) is 4.79 Å². The number of ether oxygens (including phenoxy) is 1. The fourth-order valence-corrected chi connectivity index (χ4v) is 1.50. The molecule has 0 amide bonds. The highest BCUT2D eigenvalue weighted by Gasteiger charge is 2.11. The van der Waals surface area contributed by atoms with E-state index in [2.05, 4.69) is 21.2 Å². The number of benzene rings is 1. The van der Waals surface area contributed by atoms with Crippen LogP contribution in [0.2, 0.25) is 0 Å². The van der Waals surface area contributed by atoms with Crippen LogP contribution in [0.3, 0.4) is 0 Å². The number of anilines is 1. The maximum Gasteiger partial charge on any atom is 0.308 e. The summed E-state index contributed by atoms with van der Waals surface area (Å²) in [6.07, 6.45) is 0. The Labute approximate surface area is 103 Å². The van der Waals surface area contributed by atoms with Crippen molar-refractivity contribution in [3.8, 4) is 5.75 Å². The molecule has 88 valence electrons. The maximum absolute atomic E-state index is 10.7. The molecule has 0 aliphatic heterocycles. The number of hydrogen-bond donors (Lipinski definition) is 2. The molecule has 0 radical (unpaired) electrons. The summed E-state index contributed by atoms with van der Waals surface area (Å²) in [5.41, 5.74) is 0.826. The van der Waals surface area contributed by atoms with Crippen molar-refractivity contribution in [3.05, 3.63) is 22.7 Å². The second kappa shape index (κ2) is 5.75. The minimum Gasteiger partial charge on any atom is -0.497 e. The number of rotatable bonds is 5. The standard InChI is InChI=1S/C11H14BrNO3/c1-7(11(14)15)6-13-10-5-8(16-2)3-4-9(10)12/h3-5,7,13H,6H2,1-2H3,(H,14,15). The van der Waals surface area contributed by atoms with Gasteiger partial charge < -0.3 is 15.2 Å². The normalized spacial score (nSPS) is 11.9. The Hall–Kier alpha value is -1.23. The first-order valence-electron chi connectivity index (χ1n) is 4.84. The van der Waals surface area contributed by atoms with Crippen LogP contribution in [-0.4, -0.2) is 24.7 Å². The van der Waals surface area contributed by atoms with E-state index in [-0.39, 0.29) is 0 Å². The molecular weight excluding hydrogens is 274 g/mol. The van der Waals surface area contributed by atoms with Crippen LogP contribution in [0.25, 0.3) is 0 Å². The molecule has 0 fully saturated rings. The predicted molar refractivity (Wildman–Crippen MR) is 66.0 cm³/mol. The number of methoxy groups -OCH3 is 1. The molecule has 1 aromatic rings. The topological polar surface area (TPSA) is 58.6 Å². The monoisotopic (exact) mass is 287 g/mol. The molecule has 0 saturated carbocycles. The second-order valence-corrected chi connectivity index (χ2v) is 4.32. The highest BCUT2D eigenvalue weighted by Crippen LogP contribution is 2.27. The van der Waals surface area contributed by atoms with Gasteiger partial charge in [0.2, 0.25) is 0 Å². The van der Waals surface area contributed by atoms with Gasteiger partial charge in [0, 0.05) is 17.1 Å². The number of nitrogens with one attached hydrogen (secondary N) is 1. The summed E-state index contributed by atoms with van der Waals surface area (Å²) in [6, 6.07) is 5.50. The van der Waals surface area contributed by atoms with Crippen LogP contribution in [0.15, 0.2) is 22.7 Å². The lowest BCUT2D eigenvalue weighted by Gasteiger charge is -2.12. The molecular formula is C11H14BrNO3. The van der Waals surface area contributed by atoms with Gasteiger partial charge in [0.1, 0.15) is 5.75 Å². The number of carbonyl (C=O) groups is 1. The van der Waals surface area contributed by atoms with E-state index >= 15 is 0 Å². The van der Waals surface area contributed by atoms with Crippen LogP contribution in [0.5, 0.6) is 5.75 Å². The second-order valence-electron chi connectivity index (χ2n) is 3.47. The smallest absolute Gasteiger partial charge is 0.308 e. The zero-order valence-electron chi connectivity index (χ0n) is 9.16. The molecule has 0 aromatic heterocycles. The van der Waals surface area contributed by atoms with E-state index in [0.717, 1.165) is 15.9 Å². The first kappa shape index (κ1) is 12.8. The summed E-state index contributed by atoms with van der Waals surface area (Å²) in [6.45, 7) is 2.03. The molecule has 16 heavy (non-hydrogen) atoms. The van der Waals surface area contributed by atoms with Crippen molar-refractivity contribution in [2.75, 3.05) is 19.0 Å². The van der Waals surface area contributed by atoms with Crippen LogP contribution in [-0.2, 0) is 4.79 Å². The van der Waals surface area contributed by atoms with Crippen LogP contribution in [0.1, 0.15) is 6.92 Å². The first-order valence-corrected chi connectivity index (χ1v) is 5.64. The van der Waals surface area contributed by atoms with Crippen LogP contribution >= 0.6 is 15.9 Å². The van der Waals surface area contributed by atoms with Crippen LogP contribution in [0.4, 0.5) is 5.69 Å². The number of aliphatic carboxylic acids is 1. The van der Waals surface area contributed by atoms with E-state index in [1.807, 2.05) is 18.2 Å². The summed E-state index contributed by atoms with van der Waals surface area (Å²) in [4.78, 5) is 10.7. The van der Waals surface area contributed by atoms with Crippen LogP contribution < -0.4 is 10.1 Å². The molecule has 5 heteroatoms. The molecule has 0 heterocycles. The van der Waals surface area contributed by atoms with E-state index in [1.54, 1.807) is 14.0 Å². The molecule has 1 aromatic carbocycles. The molecule has 0 bridgehead atoms. The van der Waals surface area contributed by atoms with Crippen molar-refractivity contribution in [3.63, 3.8) is 0 Å². The number of hydrogen-bond acceptors (Lipinski definition) is 3. The van der Waals surface area contributed by atoms with E-state index in [9.17, 15) is 4.79 Å². The molecule has 0 saturated heterocycles. The van der Waals surface area contributed by atoms with E-state index in [0.29, 0.717) is 6.54 Å². The highest BCUT2D eigenvalue weighted by molar-refractivity contribution is 9.10. The Balaban J connectivity index is 2.69. The molecule has 1 unspecified atom stereocenters. The third-order valence-electron chi connectivity index (χ3n) is 2.19. The molecule has 0 aliphatic rings. The average molecular weight is 288 g/mol. The van der Waals surface area contributed by atoms with Crippen molar-refractivity contribution in [2.45, 2.75) is 6.92 Å². The summed E-state index contributed by atoms with van der Waals surface area (Å²) in [5, 5.41) is 11.8. The summed E-state index contributed by atoms with van der Waals surface area (Å²) in [7, 11) is 1.59. The Morgan fingerprint density at radius 3 is 2.88 bits per heavy atom. The van der Waals surface area contributed by atoms with Gasteiger partial charge >= 0.3 is 5.97 Å². The van der Waals surface area contributed by atoms with E-state index < -0.39 is 11.9 Å². The van der Waals surface area contributed by atoms with Gasteiger partial charge in [0.25, 0.3) is 0 Å². The fraction of sp³-hybridized carbons (Fsp3) is 0.364. The molecule has 2 N–H and O–H groups in total. The van der Waals surface area contributed by atoms with Gasteiger partial charge in [-0.25, -0.2) is 0 Å². The maximum atomic E-state index is 10.7. The van der Waals surface area contributed by atoms with Crippen molar-refractivity contribution in [2.24, 2.45) is 5.92 Å². The fourth-order valence-electron chi connectivity index (χ4n) is 1.12. The number of halogens is 1. The quantitative estimate of drug-likeness (QED) is 0.874. The Bertz CT molecular complexity index is 381.